The van der Waals surface area contributed by atoms with Gasteiger partial charge in [0.25, 0.3) is 0 Å². The zero-order chi connectivity index (χ0) is 10.0. The summed E-state index contributed by atoms with van der Waals surface area (Å²) in [5, 5.41) is 8.72. The van der Waals surface area contributed by atoms with Crippen LogP contribution in [0.5, 0.6) is 0 Å². The van der Waals surface area contributed by atoms with Gasteiger partial charge in [-0.05, 0) is 13.8 Å². The fourth-order valence-corrected chi connectivity index (χ4v) is 1.25. The van der Waals surface area contributed by atoms with Crippen LogP contribution in [0.15, 0.2) is 0 Å². The van der Waals surface area contributed by atoms with Crippen molar-refractivity contribution in [1.82, 2.24) is 4.90 Å². The van der Waals surface area contributed by atoms with E-state index in [4.69, 9.17) is 9.84 Å². The molecule has 1 amide bonds. The standard InChI is InChI=1S/C8H13NO4/c1-5(7(10)11)6(2)9-3-4-13-8(9)12/h5-6H,3-4H2,1-2H3,(H,10,11). The van der Waals surface area contributed by atoms with Gasteiger partial charge in [0.15, 0.2) is 0 Å². The summed E-state index contributed by atoms with van der Waals surface area (Å²) in [5.74, 6) is -1.46. The Morgan fingerprint density at radius 2 is 2.23 bits per heavy atom. The molecule has 2 unspecified atom stereocenters. The molecule has 0 aliphatic carbocycles. The minimum Gasteiger partial charge on any atom is -0.481 e. The van der Waals surface area contributed by atoms with Crippen LogP contribution in [0.2, 0.25) is 0 Å². The van der Waals surface area contributed by atoms with Crippen LogP contribution >= 0.6 is 0 Å². The Labute approximate surface area is 76.3 Å². The first kappa shape index (κ1) is 9.83. The molecule has 0 aromatic carbocycles. The minimum atomic E-state index is -0.896. The zero-order valence-corrected chi connectivity index (χ0v) is 7.69. The predicted molar refractivity (Wildman–Crippen MR) is 44.3 cm³/mol. The molecule has 1 saturated heterocycles. The van der Waals surface area contributed by atoms with Crippen molar-refractivity contribution in [3.63, 3.8) is 0 Å². The van der Waals surface area contributed by atoms with Crippen LogP contribution in [0.1, 0.15) is 13.8 Å². The second-order valence-electron chi connectivity index (χ2n) is 3.18. The SMILES string of the molecule is CC(C(=O)O)C(C)N1CCOC1=O. The molecule has 0 spiro atoms. The van der Waals surface area contributed by atoms with Crippen molar-refractivity contribution in [3.05, 3.63) is 0 Å². The quantitative estimate of drug-likeness (QED) is 0.700. The number of amides is 1. The fraction of sp³-hybridized carbons (Fsp3) is 0.750. The summed E-state index contributed by atoms with van der Waals surface area (Å²) < 4.78 is 4.71. The van der Waals surface area contributed by atoms with Crippen molar-refractivity contribution in [2.24, 2.45) is 5.92 Å². The summed E-state index contributed by atoms with van der Waals surface area (Å²) in [6, 6.07) is -0.313. The maximum atomic E-state index is 11.1. The Morgan fingerprint density at radius 3 is 2.62 bits per heavy atom. The molecule has 0 aromatic rings. The number of carboxylic acid groups (broad SMARTS) is 1. The van der Waals surface area contributed by atoms with E-state index in [0.717, 1.165) is 0 Å². The molecule has 1 aliphatic heterocycles. The van der Waals surface area contributed by atoms with Gasteiger partial charge < -0.3 is 14.7 Å². The second kappa shape index (κ2) is 3.64. The van der Waals surface area contributed by atoms with Gasteiger partial charge in [-0.3, -0.25) is 4.79 Å². The van der Waals surface area contributed by atoms with Crippen molar-refractivity contribution in [2.75, 3.05) is 13.2 Å². The molecule has 1 heterocycles. The first-order valence-corrected chi connectivity index (χ1v) is 4.20. The summed E-state index contributed by atoms with van der Waals surface area (Å²) in [7, 11) is 0. The van der Waals surface area contributed by atoms with Gasteiger partial charge in [0.05, 0.1) is 12.5 Å². The first-order valence-electron chi connectivity index (χ1n) is 4.20. The third kappa shape index (κ3) is 1.91. The largest absolute Gasteiger partial charge is 0.481 e. The Hall–Kier alpha value is -1.26. The number of hydrogen-bond donors (Lipinski definition) is 1. The third-order valence-corrected chi connectivity index (χ3v) is 2.40. The number of rotatable bonds is 3. The number of nitrogens with zero attached hydrogens (tertiary/aromatic N) is 1. The number of ether oxygens (including phenoxy) is 1. The van der Waals surface area contributed by atoms with E-state index in [1.165, 1.54) is 4.90 Å². The van der Waals surface area contributed by atoms with E-state index in [1.54, 1.807) is 13.8 Å². The van der Waals surface area contributed by atoms with E-state index in [9.17, 15) is 9.59 Å². The monoisotopic (exact) mass is 187 g/mol. The van der Waals surface area contributed by atoms with Gasteiger partial charge >= 0.3 is 12.1 Å². The van der Waals surface area contributed by atoms with Crippen molar-refractivity contribution >= 4 is 12.1 Å². The van der Waals surface area contributed by atoms with Crippen LogP contribution in [-0.4, -0.2) is 41.3 Å². The topological polar surface area (TPSA) is 66.8 Å². The van der Waals surface area contributed by atoms with Gasteiger partial charge in [-0.2, -0.15) is 0 Å². The van der Waals surface area contributed by atoms with E-state index in [-0.39, 0.29) is 6.04 Å². The Kier molecular flexibility index (Phi) is 2.75. The van der Waals surface area contributed by atoms with Crippen LogP contribution < -0.4 is 0 Å². The van der Waals surface area contributed by atoms with Crippen molar-refractivity contribution < 1.29 is 19.4 Å². The molecule has 1 aliphatic rings. The van der Waals surface area contributed by atoms with Gasteiger partial charge in [0.2, 0.25) is 0 Å². The average Bonchev–Trinajstić information content (AvgIpc) is 2.48. The van der Waals surface area contributed by atoms with E-state index < -0.39 is 18.0 Å². The van der Waals surface area contributed by atoms with Crippen molar-refractivity contribution in [1.29, 1.82) is 0 Å². The molecule has 74 valence electrons. The molecule has 0 radical (unpaired) electrons. The summed E-state index contributed by atoms with van der Waals surface area (Å²) in [5.41, 5.74) is 0. The molecule has 0 saturated carbocycles. The number of carbonyl (C=O) groups excluding carboxylic acids is 1. The van der Waals surface area contributed by atoms with Crippen LogP contribution in [0.3, 0.4) is 0 Å². The maximum absolute atomic E-state index is 11.1. The Bertz CT molecular complexity index is 228. The molecular formula is C8H13NO4. The van der Waals surface area contributed by atoms with Crippen LogP contribution in [0.25, 0.3) is 0 Å². The third-order valence-electron chi connectivity index (χ3n) is 2.40. The summed E-state index contributed by atoms with van der Waals surface area (Å²) >= 11 is 0. The first-order chi connectivity index (χ1) is 6.04. The van der Waals surface area contributed by atoms with E-state index in [2.05, 4.69) is 0 Å². The lowest BCUT2D eigenvalue weighted by Gasteiger charge is -2.24. The predicted octanol–water partition coefficient (Wildman–Crippen LogP) is 0.548. The Morgan fingerprint density at radius 1 is 1.62 bits per heavy atom. The summed E-state index contributed by atoms with van der Waals surface area (Å²) in [6.07, 6.45) is -0.416. The van der Waals surface area contributed by atoms with E-state index in [0.29, 0.717) is 13.2 Å². The molecule has 0 bridgehead atoms. The maximum Gasteiger partial charge on any atom is 0.410 e. The summed E-state index contributed by atoms with van der Waals surface area (Å²) in [6.45, 7) is 4.14. The van der Waals surface area contributed by atoms with Gasteiger partial charge in [-0.1, -0.05) is 0 Å². The van der Waals surface area contributed by atoms with Crippen molar-refractivity contribution in [2.45, 2.75) is 19.9 Å². The number of carboxylic acids is 1. The van der Waals surface area contributed by atoms with E-state index >= 15 is 0 Å². The normalized spacial score (nSPS) is 21.1. The fourth-order valence-electron chi connectivity index (χ4n) is 1.25. The molecular weight excluding hydrogens is 174 g/mol. The highest BCUT2D eigenvalue weighted by Crippen LogP contribution is 2.15. The van der Waals surface area contributed by atoms with Crippen LogP contribution in [0.4, 0.5) is 4.79 Å². The van der Waals surface area contributed by atoms with Gasteiger partial charge in [0.1, 0.15) is 6.61 Å². The van der Waals surface area contributed by atoms with Crippen molar-refractivity contribution in [3.8, 4) is 0 Å². The van der Waals surface area contributed by atoms with Gasteiger partial charge in [-0.25, -0.2) is 4.79 Å². The minimum absolute atomic E-state index is 0.313. The smallest absolute Gasteiger partial charge is 0.410 e. The number of carbonyl (C=O) groups is 2. The van der Waals surface area contributed by atoms with Crippen LogP contribution in [0, 0.1) is 5.92 Å². The molecule has 5 heteroatoms. The highest BCUT2D eigenvalue weighted by molar-refractivity contribution is 5.74. The molecule has 5 nitrogen and oxygen atoms in total. The zero-order valence-electron chi connectivity index (χ0n) is 7.69. The van der Waals surface area contributed by atoms with Gasteiger partial charge in [0, 0.05) is 6.04 Å². The molecule has 13 heavy (non-hydrogen) atoms. The van der Waals surface area contributed by atoms with Gasteiger partial charge in [-0.15, -0.1) is 0 Å². The van der Waals surface area contributed by atoms with E-state index in [1.807, 2.05) is 0 Å². The molecule has 1 fully saturated rings. The number of cyclic esters (lactones) is 1. The van der Waals surface area contributed by atoms with Crippen LogP contribution in [-0.2, 0) is 9.53 Å². The lowest BCUT2D eigenvalue weighted by Crippen LogP contribution is -2.40. The highest BCUT2D eigenvalue weighted by atomic mass is 16.6. The second-order valence-corrected chi connectivity index (χ2v) is 3.18. The lowest BCUT2D eigenvalue weighted by atomic mass is 10.0. The number of aliphatic carboxylic acids is 1. The molecule has 0 aromatic heterocycles. The summed E-state index contributed by atoms with van der Waals surface area (Å²) in [4.78, 5) is 23.1. The highest BCUT2D eigenvalue weighted by Gasteiger charge is 2.32. The molecule has 1 rings (SSSR count). The Balaban J connectivity index is 2.60. The average molecular weight is 187 g/mol. The molecule has 1 N–H and O–H groups in total. The lowest BCUT2D eigenvalue weighted by molar-refractivity contribution is -0.142. The molecule has 2 atom stereocenters. The number of hydrogen-bond acceptors (Lipinski definition) is 3.